The van der Waals surface area contributed by atoms with Crippen molar-refractivity contribution in [2.75, 3.05) is 33.2 Å². The Labute approximate surface area is 125 Å². The summed E-state index contributed by atoms with van der Waals surface area (Å²) < 4.78 is 2.12. The standard InChI is InChI=1S/C16H22N4O/c1-12(2)20-11-17-14-10-13(4-5-15(14)20)16(21)19-8-6-18(3)7-9-19/h4-5,10-12H,6-9H2,1-3H3. The quantitative estimate of drug-likeness (QED) is 0.848. The van der Waals surface area contributed by atoms with E-state index in [-0.39, 0.29) is 5.91 Å². The highest BCUT2D eigenvalue weighted by Crippen LogP contribution is 2.20. The van der Waals surface area contributed by atoms with E-state index in [0.717, 1.165) is 42.8 Å². The SMILES string of the molecule is CC(C)n1cnc2cc(C(=O)N3CCN(C)CC3)ccc21. The third kappa shape index (κ3) is 2.65. The van der Waals surface area contributed by atoms with Crippen LogP contribution in [0.4, 0.5) is 0 Å². The number of piperazine rings is 1. The molecule has 1 saturated heterocycles. The lowest BCUT2D eigenvalue weighted by Crippen LogP contribution is -2.47. The first-order valence-corrected chi connectivity index (χ1v) is 7.50. The molecule has 112 valence electrons. The van der Waals surface area contributed by atoms with Crippen LogP contribution in [-0.2, 0) is 0 Å². The first-order valence-electron chi connectivity index (χ1n) is 7.50. The maximum atomic E-state index is 12.6. The highest BCUT2D eigenvalue weighted by atomic mass is 16.2. The zero-order chi connectivity index (χ0) is 15.0. The molecule has 0 spiro atoms. The minimum Gasteiger partial charge on any atom is -0.336 e. The summed E-state index contributed by atoms with van der Waals surface area (Å²) in [6.45, 7) is 7.74. The van der Waals surface area contributed by atoms with Crippen LogP contribution in [0.25, 0.3) is 11.0 Å². The summed E-state index contributed by atoms with van der Waals surface area (Å²) >= 11 is 0. The number of imidazole rings is 1. The Bertz CT molecular complexity index is 653. The molecule has 0 N–H and O–H groups in total. The Morgan fingerprint density at radius 1 is 1.19 bits per heavy atom. The van der Waals surface area contributed by atoms with Gasteiger partial charge in [0.15, 0.2) is 0 Å². The maximum Gasteiger partial charge on any atom is 0.254 e. The summed E-state index contributed by atoms with van der Waals surface area (Å²) in [7, 11) is 2.09. The van der Waals surface area contributed by atoms with Crippen molar-refractivity contribution in [1.82, 2.24) is 19.4 Å². The molecule has 1 aromatic heterocycles. The van der Waals surface area contributed by atoms with E-state index in [9.17, 15) is 4.79 Å². The second-order valence-electron chi connectivity index (χ2n) is 6.04. The van der Waals surface area contributed by atoms with Crippen molar-refractivity contribution in [3.63, 3.8) is 0 Å². The largest absolute Gasteiger partial charge is 0.336 e. The second-order valence-corrected chi connectivity index (χ2v) is 6.04. The van der Waals surface area contributed by atoms with E-state index in [1.807, 2.05) is 29.4 Å². The summed E-state index contributed by atoms with van der Waals surface area (Å²) in [6, 6.07) is 6.21. The Morgan fingerprint density at radius 3 is 2.57 bits per heavy atom. The van der Waals surface area contributed by atoms with E-state index in [0.29, 0.717) is 6.04 Å². The summed E-state index contributed by atoms with van der Waals surface area (Å²) in [5, 5.41) is 0. The number of fused-ring (bicyclic) bond motifs is 1. The molecular formula is C16H22N4O. The number of nitrogens with zero attached hydrogens (tertiary/aromatic N) is 4. The molecule has 5 nitrogen and oxygen atoms in total. The summed E-state index contributed by atoms with van der Waals surface area (Å²) in [5.41, 5.74) is 2.71. The van der Waals surface area contributed by atoms with Crippen molar-refractivity contribution < 1.29 is 4.79 Å². The van der Waals surface area contributed by atoms with Gasteiger partial charge in [0.05, 0.1) is 17.4 Å². The first kappa shape index (κ1) is 14.1. The molecule has 1 fully saturated rings. The van der Waals surface area contributed by atoms with Gasteiger partial charge >= 0.3 is 0 Å². The molecule has 1 aliphatic heterocycles. The number of benzene rings is 1. The van der Waals surface area contributed by atoms with Crippen molar-refractivity contribution in [3.05, 3.63) is 30.1 Å². The predicted molar refractivity (Wildman–Crippen MR) is 83.5 cm³/mol. The van der Waals surface area contributed by atoms with E-state index in [2.05, 4.69) is 35.3 Å². The minimum absolute atomic E-state index is 0.115. The van der Waals surface area contributed by atoms with Gasteiger partial charge in [-0.2, -0.15) is 0 Å². The normalized spacial score (nSPS) is 16.9. The van der Waals surface area contributed by atoms with Crippen molar-refractivity contribution in [2.24, 2.45) is 0 Å². The molecule has 0 saturated carbocycles. The van der Waals surface area contributed by atoms with E-state index < -0.39 is 0 Å². The Hall–Kier alpha value is -1.88. The Kier molecular flexibility index (Phi) is 3.68. The number of aromatic nitrogens is 2. The van der Waals surface area contributed by atoms with Crippen LogP contribution < -0.4 is 0 Å². The molecule has 1 amide bonds. The van der Waals surface area contributed by atoms with Crippen LogP contribution in [0.2, 0.25) is 0 Å². The van der Waals surface area contributed by atoms with Crippen LogP contribution in [0.15, 0.2) is 24.5 Å². The number of amides is 1. The molecule has 21 heavy (non-hydrogen) atoms. The molecule has 0 radical (unpaired) electrons. The third-order valence-electron chi connectivity index (χ3n) is 4.17. The third-order valence-corrected chi connectivity index (χ3v) is 4.17. The van der Waals surface area contributed by atoms with Gasteiger partial charge < -0.3 is 14.4 Å². The molecule has 3 rings (SSSR count). The van der Waals surface area contributed by atoms with Crippen LogP contribution in [0.5, 0.6) is 0 Å². The lowest BCUT2D eigenvalue weighted by molar-refractivity contribution is 0.0664. The number of rotatable bonds is 2. The summed E-state index contributed by atoms with van der Waals surface area (Å²) in [6.07, 6.45) is 1.85. The van der Waals surface area contributed by atoms with Crippen molar-refractivity contribution in [3.8, 4) is 0 Å². The molecule has 5 heteroatoms. The average Bonchev–Trinajstić information content (AvgIpc) is 2.90. The van der Waals surface area contributed by atoms with Gasteiger partial charge in [-0.05, 0) is 39.1 Å². The van der Waals surface area contributed by atoms with Crippen LogP contribution in [-0.4, -0.2) is 58.5 Å². The van der Waals surface area contributed by atoms with Crippen molar-refractivity contribution in [2.45, 2.75) is 19.9 Å². The maximum absolute atomic E-state index is 12.6. The number of hydrogen-bond donors (Lipinski definition) is 0. The molecule has 1 aliphatic rings. The van der Waals surface area contributed by atoms with Crippen LogP contribution in [0.1, 0.15) is 30.2 Å². The van der Waals surface area contributed by atoms with Gasteiger partial charge in [-0.25, -0.2) is 4.98 Å². The molecular weight excluding hydrogens is 264 g/mol. The van der Waals surface area contributed by atoms with Gasteiger partial charge in [-0.15, -0.1) is 0 Å². The lowest BCUT2D eigenvalue weighted by atomic mass is 10.1. The van der Waals surface area contributed by atoms with E-state index in [4.69, 9.17) is 0 Å². The van der Waals surface area contributed by atoms with Crippen molar-refractivity contribution >= 4 is 16.9 Å². The zero-order valence-electron chi connectivity index (χ0n) is 12.9. The molecule has 0 bridgehead atoms. The summed E-state index contributed by atoms with van der Waals surface area (Å²) in [4.78, 5) is 21.2. The van der Waals surface area contributed by atoms with Gasteiger partial charge in [-0.1, -0.05) is 0 Å². The predicted octanol–water partition coefficient (Wildman–Crippen LogP) is 2.00. The molecule has 0 aliphatic carbocycles. The van der Waals surface area contributed by atoms with E-state index in [1.165, 1.54) is 0 Å². The van der Waals surface area contributed by atoms with Crippen LogP contribution in [0.3, 0.4) is 0 Å². The number of carbonyl (C=O) groups excluding carboxylic acids is 1. The smallest absolute Gasteiger partial charge is 0.254 e. The van der Waals surface area contributed by atoms with Gasteiger partial charge in [0.25, 0.3) is 5.91 Å². The fourth-order valence-corrected chi connectivity index (χ4v) is 2.77. The fraction of sp³-hybridized carbons (Fsp3) is 0.500. The highest BCUT2D eigenvalue weighted by molar-refractivity contribution is 5.97. The van der Waals surface area contributed by atoms with E-state index >= 15 is 0 Å². The number of carbonyl (C=O) groups is 1. The fourth-order valence-electron chi connectivity index (χ4n) is 2.77. The van der Waals surface area contributed by atoms with Gasteiger partial charge in [0.2, 0.25) is 0 Å². The topological polar surface area (TPSA) is 41.4 Å². The molecule has 2 heterocycles. The average molecular weight is 286 g/mol. The van der Waals surface area contributed by atoms with Gasteiger partial charge in [0, 0.05) is 37.8 Å². The minimum atomic E-state index is 0.115. The van der Waals surface area contributed by atoms with Gasteiger partial charge in [0.1, 0.15) is 0 Å². The highest BCUT2D eigenvalue weighted by Gasteiger charge is 2.21. The van der Waals surface area contributed by atoms with Gasteiger partial charge in [-0.3, -0.25) is 4.79 Å². The lowest BCUT2D eigenvalue weighted by Gasteiger charge is -2.32. The molecule has 0 unspecified atom stereocenters. The number of likely N-dealkylation sites (N-methyl/N-ethyl adjacent to an activating group) is 1. The van der Waals surface area contributed by atoms with Crippen molar-refractivity contribution in [1.29, 1.82) is 0 Å². The molecule has 1 aromatic carbocycles. The Balaban J connectivity index is 1.86. The summed E-state index contributed by atoms with van der Waals surface area (Å²) in [5.74, 6) is 0.115. The first-order chi connectivity index (χ1) is 10.1. The van der Waals surface area contributed by atoms with Crippen LogP contribution >= 0.6 is 0 Å². The Morgan fingerprint density at radius 2 is 1.90 bits per heavy atom. The molecule has 0 atom stereocenters. The van der Waals surface area contributed by atoms with Crippen LogP contribution in [0, 0.1) is 0 Å². The second kappa shape index (κ2) is 5.48. The van der Waals surface area contributed by atoms with E-state index in [1.54, 1.807) is 0 Å². The zero-order valence-corrected chi connectivity index (χ0v) is 12.9. The molecule has 2 aromatic rings. The monoisotopic (exact) mass is 286 g/mol. The number of hydrogen-bond acceptors (Lipinski definition) is 3.